The van der Waals surface area contributed by atoms with Gasteiger partial charge in [0.1, 0.15) is 0 Å². The van der Waals surface area contributed by atoms with Crippen molar-refractivity contribution in [2.24, 2.45) is 5.92 Å². The van der Waals surface area contributed by atoms with Gasteiger partial charge in [0, 0.05) is 16.6 Å². The number of amides is 1. The first-order valence-electron chi connectivity index (χ1n) is 6.22. The van der Waals surface area contributed by atoms with Crippen molar-refractivity contribution in [1.82, 2.24) is 0 Å². The SMILES string of the molecule is CC(=O)c1cc(Br)ccc1NC(=O)[C@H]1CCO[C@H]1C. The molecule has 1 aliphatic heterocycles. The normalized spacial score (nSPS) is 22.3. The van der Waals surface area contributed by atoms with Crippen molar-refractivity contribution in [3.63, 3.8) is 0 Å². The highest BCUT2D eigenvalue weighted by Gasteiger charge is 2.31. The second-order valence-electron chi connectivity index (χ2n) is 4.71. The quantitative estimate of drug-likeness (QED) is 0.869. The third-order valence-corrected chi connectivity index (χ3v) is 3.83. The van der Waals surface area contributed by atoms with E-state index < -0.39 is 0 Å². The molecule has 2 rings (SSSR count). The monoisotopic (exact) mass is 325 g/mol. The van der Waals surface area contributed by atoms with Gasteiger partial charge in [-0.2, -0.15) is 0 Å². The summed E-state index contributed by atoms with van der Waals surface area (Å²) in [6.45, 7) is 3.99. The molecule has 1 amide bonds. The highest BCUT2D eigenvalue weighted by Crippen LogP contribution is 2.25. The van der Waals surface area contributed by atoms with Gasteiger partial charge in [-0.25, -0.2) is 0 Å². The molecule has 1 saturated heterocycles. The maximum absolute atomic E-state index is 12.2. The zero-order valence-corrected chi connectivity index (χ0v) is 12.5. The Hall–Kier alpha value is -1.20. The molecule has 0 aliphatic carbocycles. The lowest BCUT2D eigenvalue weighted by molar-refractivity contribution is -0.121. The van der Waals surface area contributed by atoms with E-state index in [2.05, 4.69) is 21.2 Å². The minimum atomic E-state index is -0.150. The van der Waals surface area contributed by atoms with Crippen LogP contribution in [0.2, 0.25) is 0 Å². The third kappa shape index (κ3) is 3.22. The number of carbonyl (C=O) groups excluding carboxylic acids is 2. The lowest BCUT2D eigenvalue weighted by Gasteiger charge is -2.15. The Morgan fingerprint density at radius 1 is 1.42 bits per heavy atom. The van der Waals surface area contributed by atoms with Crippen LogP contribution in [0.4, 0.5) is 5.69 Å². The Morgan fingerprint density at radius 2 is 2.16 bits per heavy atom. The van der Waals surface area contributed by atoms with Crippen molar-refractivity contribution in [1.29, 1.82) is 0 Å². The summed E-state index contributed by atoms with van der Waals surface area (Å²) >= 11 is 3.32. The number of hydrogen-bond donors (Lipinski definition) is 1. The molecule has 0 bridgehead atoms. The van der Waals surface area contributed by atoms with Gasteiger partial charge >= 0.3 is 0 Å². The topological polar surface area (TPSA) is 55.4 Å². The van der Waals surface area contributed by atoms with Crippen molar-refractivity contribution in [3.05, 3.63) is 28.2 Å². The number of Topliss-reactive ketones (excluding diaryl/α,β-unsaturated/α-hetero) is 1. The zero-order chi connectivity index (χ0) is 14.0. The summed E-state index contributed by atoms with van der Waals surface area (Å²) in [6, 6.07) is 5.25. The number of halogens is 1. The van der Waals surface area contributed by atoms with E-state index >= 15 is 0 Å². The Morgan fingerprint density at radius 3 is 2.74 bits per heavy atom. The predicted molar refractivity (Wildman–Crippen MR) is 76.3 cm³/mol. The predicted octanol–water partition coefficient (Wildman–Crippen LogP) is 3.02. The fourth-order valence-corrected chi connectivity index (χ4v) is 2.58. The molecule has 0 radical (unpaired) electrons. The number of rotatable bonds is 3. The smallest absolute Gasteiger partial charge is 0.230 e. The molecule has 19 heavy (non-hydrogen) atoms. The summed E-state index contributed by atoms with van der Waals surface area (Å²) in [6.07, 6.45) is 0.648. The van der Waals surface area contributed by atoms with Crippen LogP contribution in [-0.2, 0) is 9.53 Å². The molecule has 2 atom stereocenters. The fraction of sp³-hybridized carbons (Fsp3) is 0.429. The van der Waals surface area contributed by atoms with Crippen LogP contribution in [0.3, 0.4) is 0 Å². The molecule has 4 nitrogen and oxygen atoms in total. The summed E-state index contributed by atoms with van der Waals surface area (Å²) in [5.41, 5.74) is 1.06. The van der Waals surface area contributed by atoms with Crippen LogP contribution in [0.25, 0.3) is 0 Å². The Kier molecular flexibility index (Phi) is 4.37. The van der Waals surface area contributed by atoms with Gasteiger partial charge in [0.05, 0.1) is 17.7 Å². The van der Waals surface area contributed by atoms with Crippen LogP contribution in [0.15, 0.2) is 22.7 Å². The molecule has 102 valence electrons. The van der Waals surface area contributed by atoms with Crippen molar-refractivity contribution in [3.8, 4) is 0 Å². The van der Waals surface area contributed by atoms with Crippen molar-refractivity contribution < 1.29 is 14.3 Å². The minimum Gasteiger partial charge on any atom is -0.378 e. The van der Waals surface area contributed by atoms with Gasteiger partial charge in [0.2, 0.25) is 5.91 Å². The summed E-state index contributed by atoms with van der Waals surface area (Å²) in [4.78, 5) is 23.8. The van der Waals surface area contributed by atoms with Crippen molar-refractivity contribution in [2.75, 3.05) is 11.9 Å². The first-order valence-corrected chi connectivity index (χ1v) is 7.01. The number of carbonyl (C=O) groups is 2. The lowest BCUT2D eigenvalue weighted by Crippen LogP contribution is -2.28. The Balaban J connectivity index is 2.19. The van der Waals surface area contributed by atoms with Gasteiger partial charge in [-0.15, -0.1) is 0 Å². The number of hydrogen-bond acceptors (Lipinski definition) is 3. The van der Waals surface area contributed by atoms with Crippen LogP contribution >= 0.6 is 15.9 Å². The number of ketones is 1. The highest BCUT2D eigenvalue weighted by molar-refractivity contribution is 9.10. The van der Waals surface area contributed by atoms with E-state index in [1.165, 1.54) is 6.92 Å². The molecule has 1 heterocycles. The van der Waals surface area contributed by atoms with E-state index in [0.29, 0.717) is 17.9 Å². The number of benzene rings is 1. The molecule has 1 aliphatic rings. The summed E-state index contributed by atoms with van der Waals surface area (Å²) in [7, 11) is 0. The van der Waals surface area contributed by atoms with E-state index in [9.17, 15) is 9.59 Å². The lowest BCUT2D eigenvalue weighted by atomic mass is 10.0. The van der Waals surface area contributed by atoms with Gasteiger partial charge in [-0.1, -0.05) is 15.9 Å². The summed E-state index contributed by atoms with van der Waals surface area (Å²) in [5, 5.41) is 2.83. The molecule has 5 heteroatoms. The summed E-state index contributed by atoms with van der Waals surface area (Å²) in [5.74, 6) is -0.314. The average molecular weight is 326 g/mol. The molecular formula is C14H16BrNO3. The van der Waals surface area contributed by atoms with Crippen molar-refractivity contribution >= 4 is 33.3 Å². The number of anilines is 1. The highest BCUT2D eigenvalue weighted by atomic mass is 79.9. The van der Waals surface area contributed by atoms with Crippen LogP contribution < -0.4 is 5.32 Å². The summed E-state index contributed by atoms with van der Waals surface area (Å²) < 4.78 is 6.20. The molecule has 0 unspecified atom stereocenters. The van der Waals surface area contributed by atoms with Crippen LogP contribution in [-0.4, -0.2) is 24.4 Å². The molecule has 0 spiro atoms. The molecule has 1 aromatic rings. The molecule has 0 saturated carbocycles. The van der Waals surface area contributed by atoms with Crippen molar-refractivity contribution in [2.45, 2.75) is 26.4 Å². The number of ether oxygens (including phenoxy) is 1. The zero-order valence-electron chi connectivity index (χ0n) is 10.9. The molecule has 0 aromatic heterocycles. The van der Waals surface area contributed by atoms with Gasteiger partial charge in [0.15, 0.2) is 5.78 Å². The first kappa shape index (κ1) is 14.2. The van der Waals surface area contributed by atoms with Gasteiger partial charge in [-0.05, 0) is 38.5 Å². The van der Waals surface area contributed by atoms with Gasteiger partial charge in [0.25, 0.3) is 0 Å². The second kappa shape index (κ2) is 5.84. The molecule has 1 aromatic carbocycles. The average Bonchev–Trinajstić information content (AvgIpc) is 2.77. The van der Waals surface area contributed by atoms with E-state index in [-0.39, 0.29) is 23.7 Å². The van der Waals surface area contributed by atoms with E-state index in [0.717, 1.165) is 10.9 Å². The standard InChI is InChI=1S/C14H16BrNO3/c1-8(17)12-7-10(15)3-4-13(12)16-14(18)11-5-6-19-9(11)2/h3-4,7,9,11H,5-6H2,1-2H3,(H,16,18)/t9-,11-/m0/s1. The van der Waals surface area contributed by atoms with E-state index in [4.69, 9.17) is 4.74 Å². The molecular weight excluding hydrogens is 310 g/mol. The number of nitrogens with one attached hydrogen (secondary N) is 1. The maximum Gasteiger partial charge on any atom is 0.230 e. The van der Waals surface area contributed by atoms with Crippen LogP contribution in [0.5, 0.6) is 0 Å². The van der Waals surface area contributed by atoms with Gasteiger partial charge in [-0.3, -0.25) is 9.59 Å². The van der Waals surface area contributed by atoms with E-state index in [1.807, 2.05) is 6.92 Å². The Bertz CT molecular complexity index is 515. The van der Waals surface area contributed by atoms with Crippen LogP contribution in [0, 0.1) is 5.92 Å². The Labute approximate surface area is 120 Å². The third-order valence-electron chi connectivity index (χ3n) is 3.33. The molecule has 1 N–H and O–H groups in total. The van der Waals surface area contributed by atoms with E-state index in [1.54, 1.807) is 18.2 Å². The minimum absolute atomic E-state index is 0.0729. The van der Waals surface area contributed by atoms with Crippen LogP contribution in [0.1, 0.15) is 30.6 Å². The fourth-order valence-electron chi connectivity index (χ4n) is 2.22. The van der Waals surface area contributed by atoms with Gasteiger partial charge < -0.3 is 10.1 Å². The second-order valence-corrected chi connectivity index (χ2v) is 5.62. The molecule has 1 fully saturated rings. The largest absolute Gasteiger partial charge is 0.378 e. The maximum atomic E-state index is 12.2. The first-order chi connectivity index (χ1) is 8.99.